The molecule has 1 aliphatic rings. The molecule has 1 heterocycles. The smallest absolute Gasteiger partial charge is 0.302 e. The molecule has 0 aliphatic heterocycles. The van der Waals surface area contributed by atoms with E-state index in [1.165, 1.54) is 6.92 Å². The molecule has 166 valence electrons. The number of fused-ring (bicyclic) bond motifs is 1. The molecule has 2 aromatic carbocycles. The van der Waals surface area contributed by atoms with Gasteiger partial charge in [0.05, 0.1) is 16.8 Å². The van der Waals surface area contributed by atoms with E-state index >= 15 is 0 Å². The largest absolute Gasteiger partial charge is 0.460 e. The maximum atomic E-state index is 13.4. The lowest BCUT2D eigenvalue weighted by atomic mass is 10.1. The summed E-state index contributed by atoms with van der Waals surface area (Å²) >= 11 is 12.4. The zero-order valence-corrected chi connectivity index (χ0v) is 19.5. The van der Waals surface area contributed by atoms with E-state index in [-0.39, 0.29) is 29.4 Å². The average molecular weight is 472 g/mol. The first-order chi connectivity index (χ1) is 15.3. The van der Waals surface area contributed by atoms with E-state index < -0.39 is 0 Å². The van der Waals surface area contributed by atoms with Crippen molar-refractivity contribution in [3.63, 3.8) is 0 Å². The number of rotatable bonds is 5. The van der Waals surface area contributed by atoms with Gasteiger partial charge >= 0.3 is 5.97 Å². The van der Waals surface area contributed by atoms with Gasteiger partial charge in [-0.1, -0.05) is 47.5 Å². The Morgan fingerprint density at radius 1 is 1.25 bits per heavy atom. The van der Waals surface area contributed by atoms with Crippen LogP contribution in [0.15, 0.2) is 47.3 Å². The van der Waals surface area contributed by atoms with Crippen LogP contribution in [0.2, 0.25) is 10.0 Å². The van der Waals surface area contributed by atoms with Crippen molar-refractivity contribution in [3.8, 4) is 11.3 Å². The number of hydrogen-bond donors (Lipinski definition) is 1. The number of aryl methyl sites for hydroxylation is 1. The third-order valence-corrected chi connectivity index (χ3v) is 6.18. The summed E-state index contributed by atoms with van der Waals surface area (Å²) in [5, 5.41) is 4.31. The van der Waals surface area contributed by atoms with Crippen molar-refractivity contribution in [2.24, 2.45) is 0 Å². The van der Waals surface area contributed by atoms with Crippen molar-refractivity contribution in [1.29, 1.82) is 0 Å². The summed E-state index contributed by atoms with van der Waals surface area (Å²) in [5.41, 5.74) is 3.32. The predicted octanol–water partition coefficient (Wildman–Crippen LogP) is 5.19. The minimum atomic E-state index is -0.380. The first kappa shape index (κ1) is 22.4. The number of ether oxygens (including phenoxy) is 1. The van der Waals surface area contributed by atoms with Gasteiger partial charge in [0.25, 0.3) is 5.56 Å². The maximum absolute atomic E-state index is 13.4. The summed E-state index contributed by atoms with van der Waals surface area (Å²) in [4.78, 5) is 29.7. The van der Waals surface area contributed by atoms with Gasteiger partial charge in [-0.05, 0) is 43.2 Å². The lowest BCUT2D eigenvalue weighted by Crippen LogP contribution is -2.32. The molecule has 4 rings (SSSR count). The molecule has 0 saturated heterocycles. The fourth-order valence-electron chi connectivity index (χ4n) is 4.23. The van der Waals surface area contributed by atoms with E-state index in [4.69, 9.17) is 27.9 Å². The Morgan fingerprint density at radius 2 is 2.00 bits per heavy atom. The lowest BCUT2D eigenvalue weighted by Gasteiger charge is -2.25. The molecule has 2 atom stereocenters. The first-order valence-electron chi connectivity index (χ1n) is 10.4. The van der Waals surface area contributed by atoms with Crippen molar-refractivity contribution in [3.05, 3.63) is 79.7 Å². The number of carbonyl (C=O) groups excluding carboxylic acids is 1. The number of esters is 1. The molecule has 1 aromatic heterocycles. The van der Waals surface area contributed by atoms with Crippen LogP contribution in [-0.2, 0) is 22.5 Å². The third-order valence-electron chi connectivity index (χ3n) is 5.63. The second-order valence-electron chi connectivity index (χ2n) is 7.74. The Bertz CT molecular complexity index is 1260. The zero-order chi connectivity index (χ0) is 23.0. The molecule has 3 aromatic rings. The first-order valence-corrected chi connectivity index (χ1v) is 11.1. The molecule has 0 fully saturated rings. The van der Waals surface area contributed by atoms with Crippen molar-refractivity contribution in [2.45, 2.75) is 45.9 Å². The van der Waals surface area contributed by atoms with Gasteiger partial charge in [0.2, 0.25) is 0 Å². The van der Waals surface area contributed by atoms with Crippen LogP contribution in [0.3, 0.4) is 0 Å². The van der Waals surface area contributed by atoms with E-state index in [1.54, 1.807) is 22.8 Å². The van der Waals surface area contributed by atoms with E-state index in [1.807, 2.05) is 38.1 Å². The minimum absolute atomic E-state index is 0.264. The van der Waals surface area contributed by atoms with E-state index in [0.29, 0.717) is 40.1 Å². The molecule has 8 heteroatoms. The molecule has 0 unspecified atom stereocenters. The topological polar surface area (TPSA) is 73.2 Å². The Labute approximate surface area is 196 Å². The summed E-state index contributed by atoms with van der Waals surface area (Å²) in [6.45, 7) is 5.56. The lowest BCUT2D eigenvalue weighted by molar-refractivity contribution is -0.146. The normalized spacial score (nSPS) is 17.2. The third kappa shape index (κ3) is 4.12. The van der Waals surface area contributed by atoms with Crippen LogP contribution in [0.1, 0.15) is 36.7 Å². The quantitative estimate of drug-likeness (QED) is 0.518. The number of hydrogen-bond acceptors (Lipinski definition) is 5. The number of anilines is 1. The van der Waals surface area contributed by atoms with Gasteiger partial charge in [-0.2, -0.15) is 0 Å². The molecule has 0 amide bonds. The van der Waals surface area contributed by atoms with E-state index in [0.717, 1.165) is 11.1 Å². The van der Waals surface area contributed by atoms with Crippen molar-refractivity contribution in [2.75, 3.05) is 5.32 Å². The highest BCUT2D eigenvalue weighted by Crippen LogP contribution is 2.37. The summed E-state index contributed by atoms with van der Waals surface area (Å²) < 4.78 is 7.24. The molecule has 0 bridgehead atoms. The Kier molecular flexibility index (Phi) is 6.26. The van der Waals surface area contributed by atoms with E-state index in [9.17, 15) is 9.59 Å². The SMILES string of the molecule is CCn1c(N[C@@H]2c3ccccc3C[C@@H]2OC(C)=O)c(C)nc(-c2ccc(Cl)cc2Cl)c1=O. The number of carbonyl (C=O) groups is 1. The Morgan fingerprint density at radius 3 is 2.69 bits per heavy atom. The maximum Gasteiger partial charge on any atom is 0.302 e. The zero-order valence-electron chi connectivity index (χ0n) is 18.0. The number of nitrogens with zero attached hydrogens (tertiary/aromatic N) is 2. The fourth-order valence-corrected chi connectivity index (χ4v) is 4.73. The number of benzene rings is 2. The van der Waals surface area contributed by atoms with E-state index in [2.05, 4.69) is 10.3 Å². The van der Waals surface area contributed by atoms with Crippen LogP contribution >= 0.6 is 23.2 Å². The van der Waals surface area contributed by atoms with Crippen LogP contribution in [0, 0.1) is 6.92 Å². The van der Waals surface area contributed by atoms with Gasteiger partial charge in [-0.15, -0.1) is 0 Å². The molecule has 1 N–H and O–H groups in total. The van der Waals surface area contributed by atoms with Crippen LogP contribution in [0.5, 0.6) is 0 Å². The predicted molar refractivity (Wildman–Crippen MR) is 126 cm³/mol. The number of halogens is 2. The van der Waals surface area contributed by atoms with Crippen LogP contribution < -0.4 is 10.9 Å². The van der Waals surface area contributed by atoms with Gasteiger partial charge in [-0.25, -0.2) is 4.98 Å². The van der Waals surface area contributed by atoms with Crippen molar-refractivity contribution < 1.29 is 9.53 Å². The molecular weight excluding hydrogens is 449 g/mol. The van der Waals surface area contributed by atoms with Gasteiger partial charge in [0.15, 0.2) is 0 Å². The van der Waals surface area contributed by atoms with Gasteiger partial charge in [0, 0.05) is 30.5 Å². The summed E-state index contributed by atoms with van der Waals surface area (Å²) in [7, 11) is 0. The molecule has 0 saturated carbocycles. The minimum Gasteiger partial charge on any atom is -0.460 e. The molecule has 0 spiro atoms. The summed E-state index contributed by atoms with van der Waals surface area (Å²) in [6.07, 6.45) is 0.226. The van der Waals surface area contributed by atoms with Gasteiger partial charge in [-0.3, -0.25) is 14.2 Å². The number of nitrogens with one attached hydrogen (secondary N) is 1. The van der Waals surface area contributed by atoms with Crippen LogP contribution in [0.4, 0.5) is 5.82 Å². The van der Waals surface area contributed by atoms with Crippen LogP contribution in [0.25, 0.3) is 11.3 Å². The summed E-state index contributed by atoms with van der Waals surface area (Å²) in [5.74, 6) is 0.246. The average Bonchev–Trinajstić information content (AvgIpc) is 3.07. The second-order valence-corrected chi connectivity index (χ2v) is 8.58. The van der Waals surface area contributed by atoms with Gasteiger partial charge in [0.1, 0.15) is 17.6 Å². The standard InChI is InChI=1S/C24H23Cl2N3O3/c1-4-29-23(13(2)27-22(24(29)31)18-10-9-16(25)12-19(18)26)28-21-17-8-6-5-7-15(17)11-20(21)32-14(3)30/h5-10,12,20-21,28H,4,11H2,1-3H3/t20-,21+/m0/s1. The molecule has 0 radical (unpaired) electrons. The highest BCUT2D eigenvalue weighted by Gasteiger charge is 2.35. The molecule has 6 nitrogen and oxygen atoms in total. The summed E-state index contributed by atoms with van der Waals surface area (Å²) in [6, 6.07) is 12.6. The Balaban J connectivity index is 1.79. The molecule has 1 aliphatic carbocycles. The highest BCUT2D eigenvalue weighted by atomic mass is 35.5. The highest BCUT2D eigenvalue weighted by molar-refractivity contribution is 6.36. The van der Waals surface area contributed by atoms with Gasteiger partial charge < -0.3 is 10.1 Å². The molecule has 32 heavy (non-hydrogen) atoms. The fraction of sp³-hybridized carbons (Fsp3) is 0.292. The van der Waals surface area contributed by atoms with Crippen LogP contribution in [-0.4, -0.2) is 21.6 Å². The van der Waals surface area contributed by atoms with Crippen molar-refractivity contribution >= 4 is 35.0 Å². The van der Waals surface area contributed by atoms with Crippen molar-refractivity contribution in [1.82, 2.24) is 9.55 Å². The Hall–Kier alpha value is -2.83. The molecular formula is C24H23Cl2N3O3. The number of aromatic nitrogens is 2. The monoisotopic (exact) mass is 471 g/mol. The second kappa shape index (κ2) is 8.96.